The molecule has 2 aromatic rings. The maximum absolute atomic E-state index is 11.4. The lowest BCUT2D eigenvalue weighted by atomic mass is 10.0. The van der Waals surface area contributed by atoms with Crippen LogP contribution in [0, 0.1) is 0 Å². The summed E-state index contributed by atoms with van der Waals surface area (Å²) < 4.78 is 0. The van der Waals surface area contributed by atoms with Gasteiger partial charge in [0, 0.05) is 55.5 Å². The van der Waals surface area contributed by atoms with E-state index in [-0.39, 0.29) is 5.91 Å². The predicted octanol–water partition coefficient (Wildman–Crippen LogP) is 4.06. The molecule has 140 valence electrons. The Morgan fingerprint density at radius 1 is 1.00 bits per heavy atom. The standard InChI is InChI=1S/C22H24ClN3O/c23-19-5-7-20(8-6-19)26-14-12-25(13-15-26)11-1-2-17-3-9-21-18(16-17)4-10-22(27)24-21/h1-3,5-9,16H,4,10-15H2,(H,24,27). The van der Waals surface area contributed by atoms with Crippen molar-refractivity contribution < 1.29 is 4.79 Å². The Balaban J connectivity index is 1.28. The van der Waals surface area contributed by atoms with Gasteiger partial charge in [-0.1, -0.05) is 29.8 Å². The topological polar surface area (TPSA) is 35.6 Å². The molecule has 4 nitrogen and oxygen atoms in total. The van der Waals surface area contributed by atoms with E-state index < -0.39 is 0 Å². The first-order valence-corrected chi connectivity index (χ1v) is 9.87. The maximum atomic E-state index is 11.4. The van der Waals surface area contributed by atoms with E-state index in [0.717, 1.165) is 49.9 Å². The number of aryl methyl sites for hydroxylation is 1. The molecular weight excluding hydrogens is 358 g/mol. The minimum absolute atomic E-state index is 0.114. The highest BCUT2D eigenvalue weighted by Gasteiger charge is 2.16. The number of benzene rings is 2. The highest BCUT2D eigenvalue weighted by atomic mass is 35.5. The Morgan fingerprint density at radius 3 is 2.56 bits per heavy atom. The molecule has 0 saturated carbocycles. The molecule has 2 aliphatic rings. The number of hydrogen-bond donors (Lipinski definition) is 1. The number of anilines is 2. The third kappa shape index (κ3) is 4.52. The Morgan fingerprint density at radius 2 is 1.78 bits per heavy atom. The van der Waals surface area contributed by atoms with Gasteiger partial charge < -0.3 is 10.2 Å². The summed E-state index contributed by atoms with van der Waals surface area (Å²) in [6.45, 7) is 5.15. The summed E-state index contributed by atoms with van der Waals surface area (Å²) in [6, 6.07) is 14.4. The smallest absolute Gasteiger partial charge is 0.224 e. The second kappa shape index (κ2) is 8.15. The third-order valence-corrected chi connectivity index (χ3v) is 5.51. The van der Waals surface area contributed by atoms with Crippen LogP contribution < -0.4 is 10.2 Å². The molecule has 1 fully saturated rings. The van der Waals surface area contributed by atoms with Gasteiger partial charge in [-0.2, -0.15) is 0 Å². The normalized spacial score (nSPS) is 17.8. The van der Waals surface area contributed by atoms with Gasteiger partial charge in [-0.25, -0.2) is 0 Å². The van der Waals surface area contributed by atoms with Crippen molar-refractivity contribution in [3.63, 3.8) is 0 Å². The van der Waals surface area contributed by atoms with Crippen molar-refractivity contribution >= 4 is 35.0 Å². The molecule has 0 radical (unpaired) electrons. The monoisotopic (exact) mass is 381 g/mol. The summed E-state index contributed by atoms with van der Waals surface area (Å²) in [6.07, 6.45) is 5.83. The van der Waals surface area contributed by atoms with E-state index in [2.05, 4.69) is 51.5 Å². The van der Waals surface area contributed by atoms with E-state index in [1.807, 2.05) is 18.2 Å². The molecule has 1 amide bonds. The second-order valence-electron chi connectivity index (χ2n) is 7.13. The third-order valence-electron chi connectivity index (χ3n) is 5.26. The molecule has 5 heteroatoms. The van der Waals surface area contributed by atoms with Crippen molar-refractivity contribution in [2.75, 3.05) is 42.9 Å². The highest BCUT2D eigenvalue weighted by molar-refractivity contribution is 6.30. The largest absolute Gasteiger partial charge is 0.369 e. The molecule has 0 aromatic heterocycles. The summed E-state index contributed by atoms with van der Waals surface area (Å²) >= 11 is 5.97. The summed E-state index contributed by atoms with van der Waals surface area (Å²) in [5.74, 6) is 0.114. The van der Waals surface area contributed by atoms with Gasteiger partial charge in [0.25, 0.3) is 0 Å². The Kier molecular flexibility index (Phi) is 5.46. The average molecular weight is 382 g/mol. The highest BCUT2D eigenvalue weighted by Crippen LogP contribution is 2.24. The van der Waals surface area contributed by atoms with Crippen LogP contribution in [0.25, 0.3) is 6.08 Å². The zero-order valence-corrected chi connectivity index (χ0v) is 16.1. The number of carbonyl (C=O) groups is 1. The summed E-state index contributed by atoms with van der Waals surface area (Å²) in [5, 5.41) is 3.72. The Bertz CT molecular complexity index is 839. The van der Waals surface area contributed by atoms with Gasteiger partial charge in [0.2, 0.25) is 5.91 Å². The van der Waals surface area contributed by atoms with Crippen LogP contribution in [-0.4, -0.2) is 43.5 Å². The molecule has 27 heavy (non-hydrogen) atoms. The van der Waals surface area contributed by atoms with E-state index in [1.54, 1.807) is 0 Å². The molecule has 0 spiro atoms. The number of carbonyl (C=O) groups excluding carboxylic acids is 1. The fourth-order valence-electron chi connectivity index (χ4n) is 3.69. The molecule has 2 aliphatic heterocycles. The molecule has 0 aliphatic carbocycles. The predicted molar refractivity (Wildman–Crippen MR) is 113 cm³/mol. The van der Waals surface area contributed by atoms with Crippen molar-refractivity contribution in [2.45, 2.75) is 12.8 Å². The molecule has 2 aromatic carbocycles. The summed E-state index contributed by atoms with van der Waals surface area (Å²) in [7, 11) is 0. The average Bonchev–Trinajstić information content (AvgIpc) is 2.69. The van der Waals surface area contributed by atoms with E-state index in [1.165, 1.54) is 16.8 Å². The van der Waals surface area contributed by atoms with E-state index >= 15 is 0 Å². The second-order valence-corrected chi connectivity index (χ2v) is 7.57. The fraction of sp³-hybridized carbons (Fsp3) is 0.318. The number of rotatable bonds is 4. The first-order valence-electron chi connectivity index (χ1n) is 9.49. The van der Waals surface area contributed by atoms with E-state index in [4.69, 9.17) is 11.6 Å². The molecule has 0 atom stereocenters. The van der Waals surface area contributed by atoms with Gasteiger partial charge in [0.1, 0.15) is 0 Å². The first-order chi connectivity index (χ1) is 13.2. The van der Waals surface area contributed by atoms with Crippen molar-refractivity contribution in [2.24, 2.45) is 0 Å². The molecule has 1 N–H and O–H groups in total. The summed E-state index contributed by atoms with van der Waals surface area (Å²) in [5.41, 5.74) is 4.63. The van der Waals surface area contributed by atoms with Crippen LogP contribution in [0.1, 0.15) is 17.5 Å². The van der Waals surface area contributed by atoms with Crippen molar-refractivity contribution in [1.29, 1.82) is 0 Å². The number of piperazine rings is 1. The lowest BCUT2D eigenvalue weighted by Gasteiger charge is -2.35. The number of fused-ring (bicyclic) bond motifs is 1. The van der Waals surface area contributed by atoms with E-state index in [9.17, 15) is 4.79 Å². The van der Waals surface area contributed by atoms with Gasteiger partial charge >= 0.3 is 0 Å². The lowest BCUT2D eigenvalue weighted by Crippen LogP contribution is -2.46. The Labute approximate surface area is 165 Å². The van der Waals surface area contributed by atoms with Gasteiger partial charge in [-0.05, 0) is 53.9 Å². The van der Waals surface area contributed by atoms with Crippen LogP contribution in [0.2, 0.25) is 5.02 Å². The van der Waals surface area contributed by atoms with Crippen LogP contribution in [0.4, 0.5) is 11.4 Å². The van der Waals surface area contributed by atoms with Gasteiger partial charge in [-0.15, -0.1) is 0 Å². The first kappa shape index (κ1) is 18.1. The molecule has 0 bridgehead atoms. The van der Waals surface area contributed by atoms with Crippen LogP contribution >= 0.6 is 11.6 Å². The zero-order valence-electron chi connectivity index (χ0n) is 15.3. The van der Waals surface area contributed by atoms with Crippen LogP contribution in [0.5, 0.6) is 0 Å². The summed E-state index contributed by atoms with van der Waals surface area (Å²) in [4.78, 5) is 16.3. The van der Waals surface area contributed by atoms with Crippen molar-refractivity contribution in [3.8, 4) is 0 Å². The quantitative estimate of drug-likeness (QED) is 0.867. The van der Waals surface area contributed by atoms with Crippen LogP contribution in [-0.2, 0) is 11.2 Å². The van der Waals surface area contributed by atoms with Crippen LogP contribution in [0.3, 0.4) is 0 Å². The number of hydrogen-bond acceptors (Lipinski definition) is 3. The van der Waals surface area contributed by atoms with E-state index in [0.29, 0.717) is 6.42 Å². The molecular formula is C22H24ClN3O. The molecule has 4 rings (SSSR count). The van der Waals surface area contributed by atoms with Gasteiger partial charge in [0.05, 0.1) is 0 Å². The zero-order chi connectivity index (χ0) is 18.6. The maximum Gasteiger partial charge on any atom is 0.224 e. The SMILES string of the molecule is O=C1CCc2cc(C=CCN3CCN(c4ccc(Cl)cc4)CC3)ccc2N1. The van der Waals surface area contributed by atoms with Gasteiger partial charge in [-0.3, -0.25) is 9.69 Å². The van der Waals surface area contributed by atoms with Crippen LogP contribution in [0.15, 0.2) is 48.5 Å². The number of halogens is 1. The molecule has 1 saturated heterocycles. The number of nitrogens with zero attached hydrogens (tertiary/aromatic N) is 2. The lowest BCUT2D eigenvalue weighted by molar-refractivity contribution is -0.116. The number of amides is 1. The number of nitrogens with one attached hydrogen (secondary N) is 1. The van der Waals surface area contributed by atoms with Gasteiger partial charge in [0.15, 0.2) is 0 Å². The fourth-order valence-corrected chi connectivity index (χ4v) is 3.81. The van der Waals surface area contributed by atoms with Crippen molar-refractivity contribution in [1.82, 2.24) is 4.90 Å². The molecule has 0 unspecified atom stereocenters. The molecule has 2 heterocycles. The minimum atomic E-state index is 0.114. The van der Waals surface area contributed by atoms with Crippen molar-refractivity contribution in [3.05, 3.63) is 64.7 Å². The minimum Gasteiger partial charge on any atom is -0.369 e. The Hall–Kier alpha value is -2.30.